The van der Waals surface area contributed by atoms with Crippen molar-refractivity contribution < 1.29 is 14.3 Å². The molecule has 8 heteroatoms. The molecule has 0 spiro atoms. The number of amides is 2. The van der Waals surface area contributed by atoms with Gasteiger partial charge in [0.05, 0.1) is 11.6 Å². The molecule has 0 radical (unpaired) electrons. The number of anilines is 1. The number of piperazine rings is 2. The molecular weight excluding hydrogens is 418 g/mol. The highest BCUT2D eigenvalue weighted by atomic mass is 16.5. The highest BCUT2D eigenvalue weighted by Crippen LogP contribution is 2.30. The zero-order chi connectivity index (χ0) is 23.2. The Morgan fingerprint density at radius 2 is 1.79 bits per heavy atom. The average molecular weight is 452 g/mol. The summed E-state index contributed by atoms with van der Waals surface area (Å²) in [4.78, 5) is 30.2. The van der Waals surface area contributed by atoms with Crippen LogP contribution in [-0.2, 0) is 0 Å². The van der Waals surface area contributed by atoms with E-state index in [1.165, 1.54) is 0 Å². The quantitative estimate of drug-likeness (QED) is 0.586. The molecule has 2 aromatic carbocycles. The summed E-state index contributed by atoms with van der Waals surface area (Å²) in [5.74, 6) is 1.07. The zero-order valence-electron chi connectivity index (χ0n) is 19.3. The zero-order valence-corrected chi connectivity index (χ0v) is 19.3. The van der Waals surface area contributed by atoms with Crippen molar-refractivity contribution in [2.45, 2.75) is 25.9 Å². The Kier molecular flexibility index (Phi) is 7.59. The van der Waals surface area contributed by atoms with Crippen LogP contribution in [0.15, 0.2) is 48.5 Å². The van der Waals surface area contributed by atoms with Gasteiger partial charge in [0.2, 0.25) is 0 Å². The Morgan fingerprint density at radius 3 is 2.52 bits per heavy atom. The predicted octanol–water partition coefficient (Wildman–Crippen LogP) is 2.78. The fourth-order valence-electron chi connectivity index (χ4n) is 4.18. The van der Waals surface area contributed by atoms with Crippen molar-refractivity contribution in [1.29, 1.82) is 0 Å². The van der Waals surface area contributed by atoms with E-state index < -0.39 is 0 Å². The van der Waals surface area contributed by atoms with Crippen molar-refractivity contribution in [1.82, 2.24) is 20.4 Å². The molecule has 2 aliphatic rings. The van der Waals surface area contributed by atoms with Gasteiger partial charge in [0.25, 0.3) is 0 Å². The number of benzene rings is 2. The van der Waals surface area contributed by atoms with Crippen LogP contribution in [-0.4, -0.2) is 79.5 Å². The first-order chi connectivity index (χ1) is 16.0. The molecule has 2 saturated heterocycles. The van der Waals surface area contributed by atoms with Crippen molar-refractivity contribution in [3.8, 4) is 11.5 Å². The molecule has 2 aliphatic heterocycles. The van der Waals surface area contributed by atoms with E-state index in [0.717, 1.165) is 26.2 Å². The van der Waals surface area contributed by atoms with E-state index in [1.54, 1.807) is 23.1 Å². The Hall–Kier alpha value is -2.94. The Balaban J connectivity index is 1.57. The monoisotopic (exact) mass is 451 g/mol. The number of nitrogens with one attached hydrogen (secondary N) is 3. The molecule has 0 aromatic heterocycles. The number of hydrogen-bond acceptors (Lipinski definition) is 6. The number of carbonyl (C=O) groups excluding carboxylic acids is 2. The maximum Gasteiger partial charge on any atom is 0.321 e. The summed E-state index contributed by atoms with van der Waals surface area (Å²) in [6, 6.07) is 14.6. The predicted molar refractivity (Wildman–Crippen MR) is 129 cm³/mol. The lowest BCUT2D eigenvalue weighted by Crippen LogP contribution is -2.55. The number of carbonyl (C=O) groups is 2. The van der Waals surface area contributed by atoms with Crippen molar-refractivity contribution in [2.24, 2.45) is 0 Å². The van der Waals surface area contributed by atoms with Gasteiger partial charge in [-0.1, -0.05) is 18.2 Å². The number of ketones is 1. The number of nitrogens with zero attached hydrogens (tertiary/aromatic N) is 2. The third-order valence-corrected chi connectivity index (χ3v) is 6.13. The summed E-state index contributed by atoms with van der Waals surface area (Å²) >= 11 is 0. The topological polar surface area (TPSA) is 85.9 Å². The van der Waals surface area contributed by atoms with Gasteiger partial charge >= 0.3 is 6.03 Å². The van der Waals surface area contributed by atoms with Crippen LogP contribution in [0.3, 0.4) is 0 Å². The summed E-state index contributed by atoms with van der Waals surface area (Å²) < 4.78 is 6.13. The van der Waals surface area contributed by atoms with E-state index in [0.29, 0.717) is 48.4 Å². The molecule has 2 aromatic rings. The van der Waals surface area contributed by atoms with Crippen LogP contribution in [0.4, 0.5) is 10.5 Å². The summed E-state index contributed by atoms with van der Waals surface area (Å²) in [5.41, 5.74) is 1.10. The van der Waals surface area contributed by atoms with Gasteiger partial charge in [0.15, 0.2) is 5.78 Å². The molecular formula is C25H33N5O3. The van der Waals surface area contributed by atoms with Crippen molar-refractivity contribution >= 4 is 17.5 Å². The van der Waals surface area contributed by atoms with Crippen LogP contribution < -0.4 is 20.7 Å². The highest BCUT2D eigenvalue weighted by molar-refractivity contribution is 6.03. The number of para-hydroxylation sites is 1. The van der Waals surface area contributed by atoms with Gasteiger partial charge in [-0.25, -0.2) is 4.79 Å². The summed E-state index contributed by atoms with van der Waals surface area (Å²) in [7, 11) is 0. The van der Waals surface area contributed by atoms with Crippen LogP contribution in [0.25, 0.3) is 0 Å². The summed E-state index contributed by atoms with van der Waals surface area (Å²) in [6.45, 7) is 9.52. The third kappa shape index (κ3) is 5.90. The van der Waals surface area contributed by atoms with Crippen molar-refractivity contribution in [2.75, 3.05) is 51.1 Å². The minimum atomic E-state index is -0.305. The molecule has 0 aliphatic carbocycles. The second-order valence-electron chi connectivity index (χ2n) is 8.75. The Bertz CT molecular complexity index is 960. The van der Waals surface area contributed by atoms with Gasteiger partial charge in [-0.15, -0.1) is 0 Å². The molecule has 3 N–H and O–H groups in total. The maximum absolute atomic E-state index is 13.5. The Morgan fingerprint density at radius 1 is 1.03 bits per heavy atom. The van der Waals surface area contributed by atoms with Crippen molar-refractivity contribution in [3.05, 3.63) is 54.1 Å². The van der Waals surface area contributed by atoms with E-state index in [4.69, 9.17) is 4.74 Å². The van der Waals surface area contributed by atoms with E-state index in [-0.39, 0.29) is 17.9 Å². The lowest BCUT2D eigenvalue weighted by Gasteiger charge is -2.35. The average Bonchev–Trinajstić information content (AvgIpc) is 2.85. The molecule has 2 amide bonds. The molecule has 2 fully saturated rings. The molecule has 4 rings (SSSR count). The lowest BCUT2D eigenvalue weighted by molar-refractivity contribution is 0.0849. The minimum absolute atomic E-state index is 0.00809. The number of Topliss-reactive ketones (excluding diaryl/α,β-unsaturated/α-hetero) is 1. The number of hydrogen-bond donors (Lipinski definition) is 3. The van der Waals surface area contributed by atoms with Gasteiger partial charge in [-0.2, -0.15) is 0 Å². The lowest BCUT2D eigenvalue weighted by atomic mass is 10.00. The van der Waals surface area contributed by atoms with Crippen LogP contribution in [0.1, 0.15) is 24.2 Å². The van der Waals surface area contributed by atoms with Crippen LogP contribution in [0.2, 0.25) is 0 Å². The van der Waals surface area contributed by atoms with E-state index in [9.17, 15) is 9.59 Å². The molecule has 33 heavy (non-hydrogen) atoms. The van der Waals surface area contributed by atoms with Crippen LogP contribution in [0.5, 0.6) is 11.5 Å². The minimum Gasteiger partial charge on any atom is -0.457 e. The second kappa shape index (κ2) is 10.8. The van der Waals surface area contributed by atoms with Crippen LogP contribution in [0, 0.1) is 0 Å². The van der Waals surface area contributed by atoms with Gasteiger partial charge < -0.3 is 25.6 Å². The first-order valence-electron chi connectivity index (χ1n) is 11.7. The highest BCUT2D eigenvalue weighted by Gasteiger charge is 2.29. The number of urea groups is 1. The van der Waals surface area contributed by atoms with Gasteiger partial charge in [-0.3, -0.25) is 9.69 Å². The number of ether oxygens (including phenoxy) is 1. The van der Waals surface area contributed by atoms with Gasteiger partial charge in [0.1, 0.15) is 11.5 Å². The standard InChI is InChI=1S/C25H33N5O3/c1-18(2)30-15-12-27-22(17-30)24(31)21-9-8-19(28-25(32)29-13-10-26-11-14-29)16-23(21)33-20-6-4-3-5-7-20/h3-9,16,18,22,26-27H,10-15,17H2,1-2H3,(H,28,32)/t22-/m1/s1. The maximum atomic E-state index is 13.5. The molecule has 0 unspecified atom stereocenters. The van der Waals surface area contributed by atoms with E-state index >= 15 is 0 Å². The second-order valence-corrected chi connectivity index (χ2v) is 8.75. The number of rotatable bonds is 6. The summed E-state index contributed by atoms with van der Waals surface area (Å²) in [5, 5.41) is 9.55. The smallest absolute Gasteiger partial charge is 0.321 e. The largest absolute Gasteiger partial charge is 0.457 e. The third-order valence-electron chi connectivity index (χ3n) is 6.13. The van der Waals surface area contributed by atoms with E-state index in [1.807, 2.05) is 30.3 Å². The van der Waals surface area contributed by atoms with E-state index in [2.05, 4.69) is 34.7 Å². The normalized spacial score (nSPS) is 19.4. The molecule has 8 nitrogen and oxygen atoms in total. The van der Waals surface area contributed by atoms with Crippen molar-refractivity contribution in [3.63, 3.8) is 0 Å². The fourth-order valence-corrected chi connectivity index (χ4v) is 4.18. The van der Waals surface area contributed by atoms with Gasteiger partial charge in [-0.05, 0) is 38.1 Å². The SMILES string of the molecule is CC(C)N1CCN[C@@H](C(=O)c2ccc(NC(=O)N3CCNCC3)cc2Oc2ccccc2)C1. The van der Waals surface area contributed by atoms with Gasteiger partial charge in [0, 0.05) is 63.6 Å². The Labute approximate surface area is 195 Å². The molecule has 0 saturated carbocycles. The first-order valence-corrected chi connectivity index (χ1v) is 11.7. The molecule has 2 heterocycles. The first kappa shape index (κ1) is 23.2. The molecule has 1 atom stereocenters. The molecule has 0 bridgehead atoms. The van der Waals surface area contributed by atoms with Crippen LogP contribution >= 0.6 is 0 Å². The summed E-state index contributed by atoms with van der Waals surface area (Å²) in [6.07, 6.45) is 0. The fraction of sp³-hybridized carbons (Fsp3) is 0.440. The molecule has 176 valence electrons.